The van der Waals surface area contributed by atoms with E-state index in [4.69, 9.17) is 15.2 Å². The van der Waals surface area contributed by atoms with Crippen LogP contribution in [0.2, 0.25) is 0 Å². The van der Waals surface area contributed by atoms with E-state index in [0.717, 1.165) is 6.42 Å². The number of hydrogen-bond acceptors (Lipinski definition) is 16. The monoisotopic (exact) mass is 807 g/mol. The standard InChI is InChI=1S/C40H73NO15/c1-4-5-6-15-36(56-40-39(54)38(53)37(52)25(3)55-40)24(2)35(51)23-34(50)22-33(49)20-29(45)13-8-12-28(44)19-32(48)21-31(47)18-27(43)11-7-10-26(42)17-30(46)14-9-16-41/h5-8,11,13,24-34,36-40,42-50,52-54H,4,9-10,12,14-23,41H2,1-3H3/b6-5+,11-7+,13-8+/t24?,25?,26?,27?,28?,29?,30?,31?,32?,33?,34-,36?,37?,38?,39?,40?/m0/s1. The van der Waals surface area contributed by atoms with Crippen molar-refractivity contribution < 1.29 is 75.5 Å². The second kappa shape index (κ2) is 28.7. The number of aliphatic hydroxyl groups excluding tert-OH is 12. The van der Waals surface area contributed by atoms with Crippen molar-refractivity contribution in [2.75, 3.05) is 6.54 Å². The van der Waals surface area contributed by atoms with Crippen LogP contribution in [-0.2, 0) is 14.3 Å². The van der Waals surface area contributed by atoms with E-state index in [-0.39, 0.29) is 70.0 Å². The molecule has 0 bridgehead atoms. The van der Waals surface area contributed by atoms with Gasteiger partial charge in [0, 0.05) is 25.2 Å². The summed E-state index contributed by atoms with van der Waals surface area (Å²) in [6, 6.07) is 0. The second-order valence-corrected chi connectivity index (χ2v) is 15.3. The lowest BCUT2D eigenvalue weighted by Crippen LogP contribution is -2.58. The van der Waals surface area contributed by atoms with Gasteiger partial charge in [0.15, 0.2) is 6.29 Å². The number of nitrogens with two attached hydrogens (primary N) is 1. The number of aliphatic hydroxyl groups is 12. The molecule has 1 aliphatic rings. The summed E-state index contributed by atoms with van der Waals surface area (Å²) in [4.78, 5) is 13.1. The van der Waals surface area contributed by atoms with Crippen LogP contribution in [0.15, 0.2) is 36.5 Å². The molecule has 1 rings (SSSR count). The maximum atomic E-state index is 13.1. The molecular weight excluding hydrogens is 734 g/mol. The molecule has 14 N–H and O–H groups in total. The molecule has 0 amide bonds. The van der Waals surface area contributed by atoms with Crippen LogP contribution < -0.4 is 5.73 Å². The van der Waals surface area contributed by atoms with Crippen LogP contribution in [-0.4, -0.2) is 165 Å². The van der Waals surface area contributed by atoms with Crippen LogP contribution in [0.3, 0.4) is 0 Å². The SMILES string of the molecule is CC/C=C/CC(OC1OC(C)C(O)C(O)C1O)C(C)C(=O)C[C@@H](O)CC(O)CC(O)/C=C/CC(O)CC(O)CC(O)CC(O)/C=C/CC(O)CC(O)CCCN. The zero-order chi connectivity index (χ0) is 42.4. The molecule has 0 aromatic rings. The molecule has 328 valence electrons. The Kier molecular flexibility index (Phi) is 26.8. The Hall–Kier alpha value is -1.71. The van der Waals surface area contributed by atoms with Gasteiger partial charge in [0.25, 0.3) is 0 Å². The molecule has 16 heteroatoms. The first-order valence-electron chi connectivity index (χ1n) is 20.1. The van der Waals surface area contributed by atoms with E-state index in [1.165, 1.54) is 25.2 Å². The van der Waals surface area contributed by atoms with Gasteiger partial charge in [-0.05, 0) is 77.7 Å². The molecule has 0 aromatic carbocycles. The average Bonchev–Trinajstić information content (AvgIpc) is 3.10. The Labute approximate surface area is 331 Å². The number of carbonyl (C=O) groups is 1. The summed E-state index contributed by atoms with van der Waals surface area (Å²) in [5.41, 5.74) is 5.41. The molecule has 0 radical (unpaired) electrons. The molecule has 1 saturated heterocycles. The number of rotatable bonds is 30. The summed E-state index contributed by atoms with van der Waals surface area (Å²) < 4.78 is 11.5. The van der Waals surface area contributed by atoms with Crippen molar-refractivity contribution in [2.24, 2.45) is 11.7 Å². The molecule has 56 heavy (non-hydrogen) atoms. The van der Waals surface area contributed by atoms with Crippen LogP contribution in [0.1, 0.15) is 104 Å². The fourth-order valence-electron chi connectivity index (χ4n) is 6.49. The molecule has 1 fully saturated rings. The number of ether oxygens (including phenoxy) is 2. The van der Waals surface area contributed by atoms with Crippen LogP contribution in [0.4, 0.5) is 0 Å². The van der Waals surface area contributed by atoms with Gasteiger partial charge in [0.1, 0.15) is 24.1 Å². The highest BCUT2D eigenvalue weighted by molar-refractivity contribution is 5.81. The van der Waals surface area contributed by atoms with E-state index in [9.17, 15) is 66.1 Å². The molecule has 16 atom stereocenters. The van der Waals surface area contributed by atoms with E-state index < -0.39 is 97.7 Å². The first-order chi connectivity index (χ1) is 26.4. The molecule has 1 aliphatic heterocycles. The van der Waals surface area contributed by atoms with Crippen molar-refractivity contribution in [2.45, 2.75) is 196 Å². The first kappa shape index (κ1) is 52.3. The van der Waals surface area contributed by atoms with E-state index in [1.54, 1.807) is 13.0 Å². The largest absolute Gasteiger partial charge is 0.393 e. The number of hydrogen-bond donors (Lipinski definition) is 13. The summed E-state index contributed by atoms with van der Waals surface area (Å²) in [5, 5.41) is 123. The van der Waals surface area contributed by atoms with Gasteiger partial charge in [-0.15, -0.1) is 0 Å². The van der Waals surface area contributed by atoms with Gasteiger partial charge >= 0.3 is 0 Å². The fourth-order valence-corrected chi connectivity index (χ4v) is 6.49. The van der Waals surface area contributed by atoms with Gasteiger partial charge < -0.3 is 76.5 Å². The summed E-state index contributed by atoms with van der Waals surface area (Å²) in [6.45, 7) is 5.51. The second-order valence-electron chi connectivity index (χ2n) is 15.3. The minimum atomic E-state index is -1.55. The number of ketones is 1. The Morgan fingerprint density at radius 1 is 0.661 bits per heavy atom. The highest BCUT2D eigenvalue weighted by Gasteiger charge is 2.44. The Bertz CT molecular complexity index is 1130. The minimum absolute atomic E-state index is 0.0575. The van der Waals surface area contributed by atoms with E-state index in [1.807, 2.05) is 19.1 Å². The van der Waals surface area contributed by atoms with Crippen LogP contribution in [0, 0.1) is 5.92 Å². The predicted octanol–water partition coefficient (Wildman–Crippen LogP) is -0.629. The number of carbonyl (C=O) groups excluding carboxylic acids is 1. The van der Waals surface area contributed by atoms with E-state index in [2.05, 4.69) is 0 Å². The van der Waals surface area contributed by atoms with Crippen LogP contribution in [0.5, 0.6) is 0 Å². The number of allylic oxidation sites excluding steroid dienone is 1. The summed E-state index contributed by atoms with van der Waals surface area (Å²) in [7, 11) is 0. The predicted molar refractivity (Wildman–Crippen MR) is 208 cm³/mol. The summed E-state index contributed by atoms with van der Waals surface area (Å²) in [6.07, 6.45) is -5.28. The van der Waals surface area contributed by atoms with Crippen molar-refractivity contribution in [3.05, 3.63) is 36.5 Å². The van der Waals surface area contributed by atoms with Gasteiger partial charge in [0.05, 0.1) is 67.1 Å². The van der Waals surface area contributed by atoms with Crippen LogP contribution >= 0.6 is 0 Å². The molecule has 0 aliphatic carbocycles. The topological polar surface area (TPSA) is 304 Å². The molecule has 0 saturated carbocycles. The molecule has 1 heterocycles. The van der Waals surface area contributed by atoms with E-state index >= 15 is 0 Å². The van der Waals surface area contributed by atoms with Crippen LogP contribution in [0.25, 0.3) is 0 Å². The van der Waals surface area contributed by atoms with Gasteiger partial charge in [0.2, 0.25) is 0 Å². The Morgan fingerprint density at radius 2 is 1.16 bits per heavy atom. The smallest absolute Gasteiger partial charge is 0.186 e. The zero-order valence-corrected chi connectivity index (χ0v) is 33.3. The average molecular weight is 808 g/mol. The molecule has 0 aromatic heterocycles. The fraction of sp³-hybridized carbons (Fsp3) is 0.825. The lowest BCUT2D eigenvalue weighted by molar-refractivity contribution is -0.306. The minimum Gasteiger partial charge on any atom is -0.393 e. The third kappa shape index (κ3) is 21.9. The molecule has 0 spiro atoms. The molecular formula is C40H73NO15. The molecule has 15 unspecified atom stereocenters. The van der Waals surface area contributed by atoms with Gasteiger partial charge in [-0.25, -0.2) is 0 Å². The Balaban J connectivity index is 2.47. The van der Waals surface area contributed by atoms with Gasteiger partial charge in [-0.2, -0.15) is 0 Å². The van der Waals surface area contributed by atoms with Crippen molar-refractivity contribution in [3.63, 3.8) is 0 Å². The molecule has 16 nitrogen and oxygen atoms in total. The van der Waals surface area contributed by atoms with Gasteiger partial charge in [-0.3, -0.25) is 4.79 Å². The normalized spacial score (nSPS) is 26.8. The first-order valence-corrected chi connectivity index (χ1v) is 20.1. The Morgan fingerprint density at radius 3 is 1.70 bits per heavy atom. The van der Waals surface area contributed by atoms with Crippen molar-refractivity contribution in [1.82, 2.24) is 0 Å². The van der Waals surface area contributed by atoms with Crippen molar-refractivity contribution >= 4 is 5.78 Å². The highest BCUT2D eigenvalue weighted by Crippen LogP contribution is 2.27. The highest BCUT2D eigenvalue weighted by atomic mass is 16.7. The maximum Gasteiger partial charge on any atom is 0.186 e. The summed E-state index contributed by atoms with van der Waals surface area (Å²) in [5.74, 6) is -1.16. The van der Waals surface area contributed by atoms with Crippen molar-refractivity contribution in [3.8, 4) is 0 Å². The zero-order valence-electron chi connectivity index (χ0n) is 33.3. The lowest BCUT2D eigenvalue weighted by Gasteiger charge is -2.41. The summed E-state index contributed by atoms with van der Waals surface area (Å²) >= 11 is 0. The maximum absolute atomic E-state index is 13.1. The van der Waals surface area contributed by atoms with Gasteiger partial charge in [-0.1, -0.05) is 50.3 Å². The quantitative estimate of drug-likeness (QED) is 0.0402. The van der Waals surface area contributed by atoms with Crippen molar-refractivity contribution in [1.29, 1.82) is 0 Å². The lowest BCUT2D eigenvalue weighted by atomic mass is 9.91. The number of Topliss-reactive ketones (excluding diaryl/α,β-unsaturated/α-hetero) is 1. The third-order valence-electron chi connectivity index (χ3n) is 9.87. The van der Waals surface area contributed by atoms with E-state index in [0.29, 0.717) is 19.4 Å². The third-order valence-corrected chi connectivity index (χ3v) is 9.87.